The molecule has 1 unspecified atom stereocenters. The van der Waals surface area contributed by atoms with Gasteiger partial charge < -0.3 is 9.84 Å². The van der Waals surface area contributed by atoms with E-state index in [4.69, 9.17) is 16.3 Å². The number of benzene rings is 2. The summed E-state index contributed by atoms with van der Waals surface area (Å²) in [4.78, 5) is 0. The first kappa shape index (κ1) is 15.3. The molecular formula is C15H13BrClFO2. The van der Waals surface area contributed by atoms with Crippen LogP contribution in [0.3, 0.4) is 0 Å². The minimum atomic E-state index is -0.995. The lowest BCUT2D eigenvalue weighted by atomic mass is 10.0. The second kappa shape index (κ2) is 6.57. The Bertz CT molecular complexity index is 619. The molecule has 2 rings (SSSR count). The Balaban J connectivity index is 2.36. The standard InChI is InChI=1S/C15H13BrClFO2/c1-2-20-13-7-6-9(8-11(13)16)15(19)10-4-3-5-12(18)14(10)17/h3-8,15,19H,2H2,1H3. The van der Waals surface area contributed by atoms with E-state index in [9.17, 15) is 9.50 Å². The van der Waals surface area contributed by atoms with Crippen LogP contribution in [0.2, 0.25) is 5.02 Å². The highest BCUT2D eigenvalue weighted by molar-refractivity contribution is 9.10. The molecule has 0 aliphatic heterocycles. The molecule has 1 N–H and O–H groups in total. The third kappa shape index (κ3) is 3.14. The zero-order valence-electron chi connectivity index (χ0n) is 10.7. The van der Waals surface area contributed by atoms with Gasteiger partial charge in [0.05, 0.1) is 16.1 Å². The highest BCUT2D eigenvalue weighted by atomic mass is 79.9. The van der Waals surface area contributed by atoms with Gasteiger partial charge in [-0.3, -0.25) is 0 Å². The molecule has 0 aromatic heterocycles. The van der Waals surface area contributed by atoms with Crippen LogP contribution in [0.5, 0.6) is 5.75 Å². The lowest BCUT2D eigenvalue weighted by Gasteiger charge is -2.15. The van der Waals surface area contributed by atoms with Crippen LogP contribution in [0.15, 0.2) is 40.9 Å². The van der Waals surface area contributed by atoms with E-state index in [-0.39, 0.29) is 5.02 Å². The number of hydrogen-bond donors (Lipinski definition) is 1. The molecule has 5 heteroatoms. The van der Waals surface area contributed by atoms with Crippen LogP contribution >= 0.6 is 27.5 Å². The van der Waals surface area contributed by atoms with Gasteiger partial charge in [0.1, 0.15) is 17.7 Å². The van der Waals surface area contributed by atoms with E-state index in [1.807, 2.05) is 6.92 Å². The minimum Gasteiger partial charge on any atom is -0.493 e. The quantitative estimate of drug-likeness (QED) is 0.856. The Kier molecular flexibility index (Phi) is 5.02. The van der Waals surface area contributed by atoms with Gasteiger partial charge in [0, 0.05) is 5.56 Å². The minimum absolute atomic E-state index is 0.0648. The molecule has 0 heterocycles. The molecule has 0 aliphatic carbocycles. The van der Waals surface area contributed by atoms with Gasteiger partial charge >= 0.3 is 0 Å². The number of halogens is 3. The molecule has 0 saturated carbocycles. The van der Waals surface area contributed by atoms with Crippen LogP contribution in [0.1, 0.15) is 24.2 Å². The topological polar surface area (TPSA) is 29.5 Å². The fourth-order valence-electron chi connectivity index (χ4n) is 1.87. The number of aliphatic hydroxyl groups excluding tert-OH is 1. The zero-order valence-corrected chi connectivity index (χ0v) is 13.1. The van der Waals surface area contributed by atoms with Crippen LogP contribution < -0.4 is 4.74 Å². The summed E-state index contributed by atoms with van der Waals surface area (Å²) < 4.78 is 19.6. The van der Waals surface area contributed by atoms with E-state index in [0.29, 0.717) is 23.5 Å². The molecule has 20 heavy (non-hydrogen) atoms. The van der Waals surface area contributed by atoms with Crippen molar-refractivity contribution in [3.05, 3.63) is 62.8 Å². The summed E-state index contributed by atoms with van der Waals surface area (Å²) in [6.45, 7) is 2.44. The molecule has 0 aliphatic rings. The maximum absolute atomic E-state index is 13.4. The van der Waals surface area contributed by atoms with Gasteiger partial charge in [-0.05, 0) is 46.6 Å². The maximum Gasteiger partial charge on any atom is 0.142 e. The molecule has 0 radical (unpaired) electrons. The molecule has 2 aromatic carbocycles. The molecule has 0 amide bonds. The smallest absolute Gasteiger partial charge is 0.142 e. The second-order valence-electron chi connectivity index (χ2n) is 4.17. The lowest BCUT2D eigenvalue weighted by molar-refractivity contribution is 0.219. The number of rotatable bonds is 4. The molecule has 2 aromatic rings. The number of aliphatic hydroxyl groups is 1. The molecule has 0 fully saturated rings. The molecule has 0 saturated heterocycles. The van der Waals surface area contributed by atoms with E-state index >= 15 is 0 Å². The monoisotopic (exact) mass is 358 g/mol. The Morgan fingerprint density at radius 2 is 2.10 bits per heavy atom. The van der Waals surface area contributed by atoms with Gasteiger partial charge in [-0.1, -0.05) is 29.8 Å². The SMILES string of the molecule is CCOc1ccc(C(O)c2cccc(F)c2Cl)cc1Br. The largest absolute Gasteiger partial charge is 0.493 e. The van der Waals surface area contributed by atoms with Crippen molar-refractivity contribution in [3.8, 4) is 5.75 Å². The van der Waals surface area contributed by atoms with Gasteiger partial charge in [-0.2, -0.15) is 0 Å². The van der Waals surface area contributed by atoms with Crippen molar-refractivity contribution >= 4 is 27.5 Å². The van der Waals surface area contributed by atoms with E-state index in [2.05, 4.69) is 15.9 Å². The summed E-state index contributed by atoms with van der Waals surface area (Å²) in [5.41, 5.74) is 0.940. The average molecular weight is 360 g/mol. The summed E-state index contributed by atoms with van der Waals surface area (Å²) in [7, 11) is 0. The second-order valence-corrected chi connectivity index (χ2v) is 5.40. The predicted octanol–water partition coefficient (Wildman–Crippen LogP) is 4.72. The van der Waals surface area contributed by atoms with Gasteiger partial charge in [0.2, 0.25) is 0 Å². The first-order valence-corrected chi connectivity index (χ1v) is 7.26. The van der Waals surface area contributed by atoms with Gasteiger partial charge in [0.25, 0.3) is 0 Å². The summed E-state index contributed by atoms with van der Waals surface area (Å²) >= 11 is 9.27. The first-order chi connectivity index (χ1) is 9.54. The fraction of sp³-hybridized carbons (Fsp3) is 0.200. The molecular weight excluding hydrogens is 347 g/mol. The van der Waals surface area contributed by atoms with Crippen molar-refractivity contribution in [2.24, 2.45) is 0 Å². The van der Waals surface area contributed by atoms with E-state index in [1.165, 1.54) is 12.1 Å². The van der Waals surface area contributed by atoms with Crippen molar-refractivity contribution in [1.29, 1.82) is 0 Å². The highest BCUT2D eigenvalue weighted by Crippen LogP contribution is 2.34. The van der Waals surface area contributed by atoms with Gasteiger partial charge in [0.15, 0.2) is 0 Å². The molecule has 2 nitrogen and oxygen atoms in total. The highest BCUT2D eigenvalue weighted by Gasteiger charge is 2.17. The van der Waals surface area contributed by atoms with Crippen molar-refractivity contribution in [3.63, 3.8) is 0 Å². The van der Waals surface area contributed by atoms with Crippen LogP contribution in [-0.4, -0.2) is 11.7 Å². The normalized spacial score (nSPS) is 12.2. The average Bonchev–Trinajstić information content (AvgIpc) is 2.43. The van der Waals surface area contributed by atoms with Crippen molar-refractivity contribution in [2.75, 3.05) is 6.61 Å². The Morgan fingerprint density at radius 3 is 2.75 bits per heavy atom. The Hall–Kier alpha value is -1.10. The maximum atomic E-state index is 13.4. The summed E-state index contributed by atoms with van der Waals surface area (Å²) in [5, 5.41) is 10.3. The summed E-state index contributed by atoms with van der Waals surface area (Å²) in [6, 6.07) is 9.58. The van der Waals surface area contributed by atoms with Crippen LogP contribution in [0, 0.1) is 5.82 Å². The van der Waals surface area contributed by atoms with E-state index < -0.39 is 11.9 Å². The van der Waals surface area contributed by atoms with Crippen LogP contribution in [0.25, 0.3) is 0 Å². The number of hydrogen-bond acceptors (Lipinski definition) is 2. The van der Waals surface area contributed by atoms with Crippen molar-refractivity contribution in [1.82, 2.24) is 0 Å². The Morgan fingerprint density at radius 1 is 1.35 bits per heavy atom. The molecule has 106 valence electrons. The van der Waals surface area contributed by atoms with Gasteiger partial charge in [-0.25, -0.2) is 4.39 Å². The van der Waals surface area contributed by atoms with Crippen LogP contribution in [0.4, 0.5) is 4.39 Å². The van der Waals surface area contributed by atoms with Gasteiger partial charge in [-0.15, -0.1) is 0 Å². The first-order valence-electron chi connectivity index (χ1n) is 6.08. The zero-order chi connectivity index (χ0) is 14.7. The van der Waals surface area contributed by atoms with Crippen molar-refractivity contribution in [2.45, 2.75) is 13.0 Å². The fourth-order valence-corrected chi connectivity index (χ4v) is 2.61. The van der Waals surface area contributed by atoms with Crippen molar-refractivity contribution < 1.29 is 14.2 Å². The molecule has 0 spiro atoms. The Labute approximate surface area is 130 Å². The third-order valence-corrected chi connectivity index (χ3v) is 3.87. The van der Waals surface area contributed by atoms with Crippen LogP contribution in [-0.2, 0) is 0 Å². The lowest BCUT2D eigenvalue weighted by Crippen LogP contribution is -2.02. The summed E-state index contributed by atoms with van der Waals surface area (Å²) in [6.07, 6.45) is -0.995. The number of ether oxygens (including phenoxy) is 1. The predicted molar refractivity (Wildman–Crippen MR) is 80.8 cm³/mol. The van der Waals surface area contributed by atoms with E-state index in [0.717, 1.165) is 4.47 Å². The summed E-state index contributed by atoms with van der Waals surface area (Å²) in [5.74, 6) is 0.141. The third-order valence-electron chi connectivity index (χ3n) is 2.85. The van der Waals surface area contributed by atoms with E-state index in [1.54, 1.807) is 24.3 Å². The molecule has 0 bridgehead atoms. The molecule has 1 atom stereocenters.